The molecule has 0 bridgehead atoms. The molecule has 7 aromatic carbocycles. The van der Waals surface area contributed by atoms with Gasteiger partial charge in [-0.15, -0.1) is 0 Å². The molecule has 0 N–H and O–H groups in total. The van der Waals surface area contributed by atoms with Gasteiger partial charge in [-0.25, -0.2) is 15.0 Å². The van der Waals surface area contributed by atoms with Crippen LogP contribution in [-0.2, 0) is 5.41 Å². The second kappa shape index (κ2) is 14.9. The average molecular weight is 787 g/mol. The lowest BCUT2D eigenvalue weighted by atomic mass is 9.65. The van der Waals surface area contributed by atoms with Gasteiger partial charge in [-0.05, 0) is 74.7 Å². The summed E-state index contributed by atoms with van der Waals surface area (Å²) in [4.78, 5) is 22.3. The van der Waals surface area contributed by atoms with E-state index in [0.29, 0.717) is 17.5 Å². The molecule has 60 heavy (non-hydrogen) atoms. The van der Waals surface area contributed by atoms with Gasteiger partial charge in [-0.3, -0.25) is 4.99 Å². The van der Waals surface area contributed by atoms with Crippen LogP contribution >= 0.6 is 11.8 Å². The molecule has 1 aromatic heterocycles. The molecule has 1 spiro atoms. The van der Waals surface area contributed by atoms with Gasteiger partial charge < -0.3 is 0 Å². The molecule has 8 aromatic rings. The van der Waals surface area contributed by atoms with Gasteiger partial charge in [-0.2, -0.15) is 0 Å². The van der Waals surface area contributed by atoms with Crippen molar-refractivity contribution in [1.82, 2.24) is 15.0 Å². The summed E-state index contributed by atoms with van der Waals surface area (Å²) in [5.41, 5.74) is 14.8. The number of hydrogen-bond donors (Lipinski definition) is 0. The van der Waals surface area contributed by atoms with Crippen molar-refractivity contribution in [2.75, 3.05) is 0 Å². The minimum Gasteiger partial charge on any atom is -0.257 e. The Kier molecular flexibility index (Phi) is 8.90. The number of aromatic nitrogens is 3. The van der Waals surface area contributed by atoms with Gasteiger partial charge in [0, 0.05) is 38.6 Å². The third-order valence-corrected chi connectivity index (χ3v) is 13.1. The SMILES string of the molecule is C=C/C=N\c1ccccc1C1C=C2Sc3cc(-c4cccc(-c5nc(-c6ccccc6)nc(-c6ccccc6)n5)c4)ccc3C3(C2=CC1)c1ccccc1-c1ccccc13. The first-order valence-corrected chi connectivity index (χ1v) is 21.2. The molecule has 4 nitrogen and oxygen atoms in total. The standard InChI is InChI=1S/C55H38N4S/c1-2-32-56-49-27-14-11-22-42(49)40-29-31-48-51(35-40)60-50-34-39(28-30-47(50)55(48)45-25-12-9-23-43(45)44-24-10-13-26-46(44)55)38-20-15-21-41(33-38)54-58-52(36-16-5-3-6-17-36)57-53(59-54)37-18-7-4-8-19-37/h2-28,30-35,40H,1,29H2/b56-32-. The minimum atomic E-state index is -0.446. The van der Waals surface area contributed by atoms with E-state index in [2.05, 4.69) is 134 Å². The van der Waals surface area contributed by atoms with Crippen molar-refractivity contribution in [2.24, 2.45) is 4.99 Å². The highest BCUT2D eigenvalue weighted by atomic mass is 32.2. The fourth-order valence-corrected chi connectivity index (χ4v) is 10.7. The van der Waals surface area contributed by atoms with Gasteiger partial charge in [0.05, 0.1) is 11.1 Å². The number of rotatable bonds is 7. The van der Waals surface area contributed by atoms with Crippen molar-refractivity contribution >= 4 is 23.7 Å². The first-order chi connectivity index (χ1) is 29.7. The van der Waals surface area contributed by atoms with Gasteiger partial charge in [0.25, 0.3) is 0 Å². The topological polar surface area (TPSA) is 51.0 Å². The highest BCUT2D eigenvalue weighted by Gasteiger charge is 2.52. The Bertz CT molecular complexity index is 2970. The Labute approximate surface area is 354 Å². The molecule has 0 saturated heterocycles. The van der Waals surface area contributed by atoms with E-state index in [-0.39, 0.29) is 5.92 Å². The summed E-state index contributed by atoms with van der Waals surface area (Å²) in [6, 6.07) is 62.5. The van der Waals surface area contributed by atoms with Gasteiger partial charge in [0.2, 0.25) is 0 Å². The van der Waals surface area contributed by atoms with Gasteiger partial charge in [-0.1, -0.05) is 194 Å². The first-order valence-electron chi connectivity index (χ1n) is 20.4. The van der Waals surface area contributed by atoms with E-state index in [1.165, 1.54) is 48.8 Å². The smallest absolute Gasteiger partial charge is 0.164 e. The van der Waals surface area contributed by atoms with Crippen LogP contribution in [-0.4, -0.2) is 21.2 Å². The molecule has 2 heterocycles. The maximum absolute atomic E-state index is 5.04. The van der Waals surface area contributed by atoms with Crippen LogP contribution in [0.5, 0.6) is 0 Å². The maximum atomic E-state index is 5.04. The fraction of sp³-hybridized carbons (Fsp3) is 0.0545. The summed E-state index contributed by atoms with van der Waals surface area (Å²) >= 11 is 1.89. The molecule has 1 unspecified atom stereocenters. The summed E-state index contributed by atoms with van der Waals surface area (Å²) in [7, 11) is 0. The molecule has 0 saturated carbocycles. The van der Waals surface area contributed by atoms with E-state index >= 15 is 0 Å². The van der Waals surface area contributed by atoms with Crippen LogP contribution in [0.1, 0.15) is 34.6 Å². The summed E-state index contributed by atoms with van der Waals surface area (Å²) in [6.45, 7) is 3.87. The predicted molar refractivity (Wildman–Crippen MR) is 248 cm³/mol. The Morgan fingerprint density at radius 3 is 1.80 bits per heavy atom. The molecule has 3 aliphatic rings. The molecule has 0 amide bonds. The number of aliphatic imine (C=N–C) groups is 1. The molecule has 0 radical (unpaired) electrons. The lowest BCUT2D eigenvalue weighted by Gasteiger charge is -2.43. The molecular weight excluding hydrogens is 749 g/mol. The molecule has 1 atom stereocenters. The van der Waals surface area contributed by atoms with Crippen molar-refractivity contribution in [3.05, 3.63) is 233 Å². The summed E-state index contributed by atoms with van der Waals surface area (Å²) in [6.07, 6.45) is 9.43. The molecule has 284 valence electrons. The zero-order chi connectivity index (χ0) is 40.0. The van der Waals surface area contributed by atoms with E-state index in [4.69, 9.17) is 19.9 Å². The third kappa shape index (κ3) is 5.92. The summed E-state index contributed by atoms with van der Waals surface area (Å²) < 4.78 is 0. The predicted octanol–water partition coefficient (Wildman–Crippen LogP) is 13.8. The van der Waals surface area contributed by atoms with Crippen molar-refractivity contribution in [1.29, 1.82) is 0 Å². The quantitative estimate of drug-likeness (QED) is 0.151. The molecule has 1 aliphatic heterocycles. The van der Waals surface area contributed by atoms with E-state index in [1.807, 2.05) is 72.4 Å². The Morgan fingerprint density at radius 2 is 1.12 bits per heavy atom. The van der Waals surface area contributed by atoms with Crippen LogP contribution in [0.15, 0.2) is 221 Å². The number of nitrogens with zero attached hydrogens (tertiary/aromatic N) is 4. The van der Waals surface area contributed by atoms with E-state index in [9.17, 15) is 0 Å². The number of thioether (sulfide) groups is 1. The normalized spacial score (nSPS) is 15.7. The van der Waals surface area contributed by atoms with Crippen LogP contribution in [0, 0.1) is 0 Å². The Balaban J connectivity index is 1.06. The zero-order valence-electron chi connectivity index (χ0n) is 32.7. The number of hydrogen-bond acceptors (Lipinski definition) is 5. The van der Waals surface area contributed by atoms with E-state index in [0.717, 1.165) is 39.9 Å². The van der Waals surface area contributed by atoms with Crippen LogP contribution in [0.4, 0.5) is 5.69 Å². The average Bonchev–Trinajstić information content (AvgIpc) is 3.61. The lowest BCUT2D eigenvalue weighted by Crippen LogP contribution is -2.34. The van der Waals surface area contributed by atoms with Crippen molar-refractivity contribution in [3.8, 4) is 56.4 Å². The maximum Gasteiger partial charge on any atom is 0.164 e. The Hall–Kier alpha value is -7.21. The zero-order valence-corrected chi connectivity index (χ0v) is 33.6. The highest BCUT2D eigenvalue weighted by Crippen LogP contribution is 2.65. The first kappa shape index (κ1) is 35.9. The molecule has 5 heteroatoms. The molecule has 11 rings (SSSR count). The van der Waals surface area contributed by atoms with Crippen LogP contribution in [0.25, 0.3) is 56.4 Å². The third-order valence-electron chi connectivity index (χ3n) is 12.0. The van der Waals surface area contributed by atoms with Crippen LogP contribution in [0.3, 0.4) is 0 Å². The number of allylic oxidation sites excluding steroid dienone is 4. The largest absolute Gasteiger partial charge is 0.257 e. The molecule has 2 aliphatic carbocycles. The highest BCUT2D eigenvalue weighted by molar-refractivity contribution is 8.03. The number of benzene rings is 7. The minimum absolute atomic E-state index is 0.182. The van der Waals surface area contributed by atoms with Crippen LogP contribution in [0.2, 0.25) is 0 Å². The molecular formula is C55H38N4S. The van der Waals surface area contributed by atoms with Gasteiger partial charge >= 0.3 is 0 Å². The van der Waals surface area contributed by atoms with Crippen molar-refractivity contribution < 1.29 is 0 Å². The second-order valence-corrected chi connectivity index (χ2v) is 16.4. The van der Waals surface area contributed by atoms with Crippen LogP contribution < -0.4 is 0 Å². The Morgan fingerprint density at radius 1 is 0.550 bits per heavy atom. The van der Waals surface area contributed by atoms with Crippen molar-refractivity contribution in [2.45, 2.75) is 22.6 Å². The summed E-state index contributed by atoms with van der Waals surface area (Å²) in [5, 5.41) is 0. The van der Waals surface area contributed by atoms with Gasteiger partial charge in [0.1, 0.15) is 0 Å². The fourth-order valence-electron chi connectivity index (χ4n) is 9.33. The van der Waals surface area contributed by atoms with E-state index < -0.39 is 5.41 Å². The number of fused-ring (bicyclic) bond motifs is 9. The summed E-state index contributed by atoms with van der Waals surface area (Å²) in [5.74, 6) is 2.12. The van der Waals surface area contributed by atoms with E-state index in [1.54, 1.807) is 12.3 Å². The second-order valence-electron chi connectivity index (χ2n) is 15.3. The van der Waals surface area contributed by atoms with Crippen molar-refractivity contribution in [3.63, 3.8) is 0 Å². The van der Waals surface area contributed by atoms with Gasteiger partial charge in [0.15, 0.2) is 17.5 Å². The monoisotopic (exact) mass is 786 g/mol. The lowest BCUT2D eigenvalue weighted by molar-refractivity contribution is 0.710. The molecule has 0 fully saturated rings. The number of para-hydroxylation sites is 1.